The first kappa shape index (κ1) is 11.9. The number of rotatable bonds is 3. The molecule has 0 saturated carbocycles. The largest absolute Gasteiger partial charge is 0.508 e. The Balaban J connectivity index is 2.05. The van der Waals surface area contributed by atoms with E-state index in [0.29, 0.717) is 18.8 Å². The highest BCUT2D eigenvalue weighted by Gasteiger charge is 2.27. The average molecular weight is 234 g/mol. The Morgan fingerprint density at radius 3 is 2.94 bits per heavy atom. The number of hydrogen-bond acceptors (Lipinski definition) is 3. The maximum absolute atomic E-state index is 11.1. The maximum atomic E-state index is 11.1. The Bertz CT molecular complexity index is 411. The van der Waals surface area contributed by atoms with Crippen LogP contribution in [0.1, 0.15) is 17.5 Å². The van der Waals surface area contributed by atoms with Crippen LogP contribution in [0.15, 0.2) is 18.2 Å². The number of phenols is 1. The average Bonchev–Trinajstić information content (AvgIpc) is 2.72. The molecule has 0 radical (unpaired) electrons. The number of aryl methyl sites for hydroxylation is 1. The van der Waals surface area contributed by atoms with Gasteiger partial charge < -0.3 is 10.8 Å². The standard InChI is InChI=1S/C13H18N2O2/c1-9-3-2-4-12(16)11(9)8-15-6-5-10(7-15)13(14)17/h2-4,10,16H,5-8H2,1H3,(H2,14,17). The van der Waals surface area contributed by atoms with Crippen LogP contribution in [0, 0.1) is 12.8 Å². The van der Waals surface area contributed by atoms with Gasteiger partial charge in [-0.2, -0.15) is 0 Å². The molecule has 17 heavy (non-hydrogen) atoms. The molecule has 2 rings (SSSR count). The first-order valence-corrected chi connectivity index (χ1v) is 5.87. The van der Waals surface area contributed by atoms with Gasteiger partial charge >= 0.3 is 0 Å². The first-order chi connectivity index (χ1) is 8.08. The summed E-state index contributed by atoms with van der Waals surface area (Å²) in [6, 6.07) is 5.52. The van der Waals surface area contributed by atoms with Crippen LogP contribution in [0.2, 0.25) is 0 Å². The second-order valence-electron chi connectivity index (χ2n) is 4.70. The number of primary amides is 1. The van der Waals surface area contributed by atoms with Crippen LogP contribution in [-0.4, -0.2) is 29.0 Å². The molecule has 4 heteroatoms. The van der Waals surface area contributed by atoms with E-state index in [-0.39, 0.29) is 11.8 Å². The lowest BCUT2D eigenvalue weighted by Gasteiger charge is -2.17. The van der Waals surface area contributed by atoms with E-state index in [0.717, 1.165) is 24.1 Å². The summed E-state index contributed by atoms with van der Waals surface area (Å²) in [5, 5.41) is 9.81. The Hall–Kier alpha value is -1.55. The van der Waals surface area contributed by atoms with Crippen molar-refractivity contribution in [1.29, 1.82) is 0 Å². The van der Waals surface area contributed by atoms with Crippen molar-refractivity contribution in [3.05, 3.63) is 29.3 Å². The molecule has 0 bridgehead atoms. The SMILES string of the molecule is Cc1cccc(O)c1CN1CCC(C(N)=O)C1. The van der Waals surface area contributed by atoms with Gasteiger partial charge in [0.2, 0.25) is 5.91 Å². The van der Waals surface area contributed by atoms with E-state index >= 15 is 0 Å². The molecule has 1 aliphatic heterocycles. The van der Waals surface area contributed by atoms with Crippen molar-refractivity contribution in [2.75, 3.05) is 13.1 Å². The molecule has 0 aliphatic carbocycles. The van der Waals surface area contributed by atoms with E-state index in [4.69, 9.17) is 5.73 Å². The minimum absolute atomic E-state index is 0.0406. The van der Waals surface area contributed by atoms with Gasteiger partial charge in [0.05, 0.1) is 5.92 Å². The van der Waals surface area contributed by atoms with Crippen LogP contribution in [0.25, 0.3) is 0 Å². The van der Waals surface area contributed by atoms with Crippen LogP contribution < -0.4 is 5.73 Å². The number of amides is 1. The number of carbonyl (C=O) groups is 1. The number of nitrogens with two attached hydrogens (primary N) is 1. The van der Waals surface area contributed by atoms with Gasteiger partial charge in [-0.3, -0.25) is 9.69 Å². The van der Waals surface area contributed by atoms with E-state index in [2.05, 4.69) is 4.90 Å². The van der Waals surface area contributed by atoms with E-state index in [1.165, 1.54) is 0 Å². The van der Waals surface area contributed by atoms with Crippen molar-refractivity contribution < 1.29 is 9.90 Å². The first-order valence-electron chi connectivity index (χ1n) is 5.87. The second-order valence-corrected chi connectivity index (χ2v) is 4.70. The molecule has 0 spiro atoms. The van der Waals surface area contributed by atoms with Crippen LogP contribution >= 0.6 is 0 Å². The number of benzene rings is 1. The van der Waals surface area contributed by atoms with Crippen LogP contribution in [-0.2, 0) is 11.3 Å². The lowest BCUT2D eigenvalue weighted by molar-refractivity contribution is -0.121. The zero-order valence-corrected chi connectivity index (χ0v) is 10.0. The lowest BCUT2D eigenvalue weighted by atomic mass is 10.1. The Labute approximate surface area is 101 Å². The molecule has 1 fully saturated rings. The summed E-state index contributed by atoms with van der Waals surface area (Å²) in [5.74, 6) is 0.0650. The van der Waals surface area contributed by atoms with Gasteiger partial charge in [0.15, 0.2) is 0 Å². The Morgan fingerprint density at radius 1 is 1.59 bits per heavy atom. The van der Waals surface area contributed by atoms with Gasteiger partial charge in [-0.15, -0.1) is 0 Å². The number of aromatic hydroxyl groups is 1. The molecule has 1 aromatic rings. The monoisotopic (exact) mass is 234 g/mol. The molecule has 1 saturated heterocycles. The topological polar surface area (TPSA) is 66.6 Å². The molecule has 1 aliphatic rings. The van der Waals surface area contributed by atoms with E-state index in [9.17, 15) is 9.90 Å². The zero-order chi connectivity index (χ0) is 12.4. The highest BCUT2D eigenvalue weighted by atomic mass is 16.3. The summed E-state index contributed by atoms with van der Waals surface area (Å²) in [6.45, 7) is 4.23. The number of hydrogen-bond donors (Lipinski definition) is 2. The number of carbonyl (C=O) groups excluding carboxylic acids is 1. The minimum Gasteiger partial charge on any atom is -0.508 e. The van der Waals surface area contributed by atoms with Crippen molar-refractivity contribution in [3.63, 3.8) is 0 Å². The minimum atomic E-state index is -0.221. The fraction of sp³-hybridized carbons (Fsp3) is 0.462. The maximum Gasteiger partial charge on any atom is 0.221 e. The third-order valence-electron chi connectivity index (χ3n) is 3.44. The summed E-state index contributed by atoms with van der Waals surface area (Å²) < 4.78 is 0. The highest BCUT2D eigenvalue weighted by Crippen LogP contribution is 2.25. The predicted molar refractivity (Wildman–Crippen MR) is 65.4 cm³/mol. The third-order valence-corrected chi connectivity index (χ3v) is 3.44. The van der Waals surface area contributed by atoms with Crippen molar-refractivity contribution >= 4 is 5.91 Å². The van der Waals surface area contributed by atoms with E-state index in [1.807, 2.05) is 19.1 Å². The molecular formula is C13H18N2O2. The highest BCUT2D eigenvalue weighted by molar-refractivity contribution is 5.77. The van der Waals surface area contributed by atoms with Crippen molar-refractivity contribution in [2.45, 2.75) is 19.9 Å². The summed E-state index contributed by atoms with van der Waals surface area (Å²) in [5.41, 5.74) is 7.32. The van der Waals surface area contributed by atoms with Gasteiger partial charge in [0.1, 0.15) is 5.75 Å². The Morgan fingerprint density at radius 2 is 2.35 bits per heavy atom. The molecule has 3 N–H and O–H groups in total. The molecule has 4 nitrogen and oxygen atoms in total. The summed E-state index contributed by atoms with van der Waals surface area (Å²) in [6.07, 6.45) is 0.821. The number of likely N-dealkylation sites (tertiary alicyclic amines) is 1. The van der Waals surface area contributed by atoms with Crippen LogP contribution in [0.3, 0.4) is 0 Å². The second kappa shape index (κ2) is 4.75. The van der Waals surface area contributed by atoms with Gasteiger partial charge in [0.25, 0.3) is 0 Å². The fourth-order valence-electron chi connectivity index (χ4n) is 2.32. The van der Waals surface area contributed by atoms with Gasteiger partial charge in [-0.05, 0) is 31.5 Å². The van der Waals surface area contributed by atoms with Gasteiger partial charge in [-0.25, -0.2) is 0 Å². The Kier molecular flexibility index (Phi) is 3.33. The zero-order valence-electron chi connectivity index (χ0n) is 10.0. The van der Waals surface area contributed by atoms with E-state index < -0.39 is 0 Å². The molecule has 0 aromatic heterocycles. The molecule has 1 aromatic carbocycles. The predicted octanol–water partition coefficient (Wildman–Crippen LogP) is 1.01. The van der Waals surface area contributed by atoms with Crippen molar-refractivity contribution in [2.24, 2.45) is 11.7 Å². The molecular weight excluding hydrogens is 216 g/mol. The van der Waals surface area contributed by atoms with Crippen LogP contribution in [0.5, 0.6) is 5.75 Å². The fourth-order valence-corrected chi connectivity index (χ4v) is 2.32. The quantitative estimate of drug-likeness (QED) is 0.820. The smallest absolute Gasteiger partial charge is 0.221 e. The van der Waals surface area contributed by atoms with Gasteiger partial charge in [0, 0.05) is 18.7 Å². The number of phenolic OH excluding ortho intramolecular Hbond substituents is 1. The van der Waals surface area contributed by atoms with Crippen LogP contribution in [0.4, 0.5) is 0 Å². The molecule has 1 amide bonds. The third kappa shape index (κ3) is 2.58. The molecule has 1 atom stereocenters. The summed E-state index contributed by atoms with van der Waals surface area (Å²) >= 11 is 0. The van der Waals surface area contributed by atoms with Crippen molar-refractivity contribution in [1.82, 2.24) is 4.90 Å². The molecule has 1 heterocycles. The molecule has 1 unspecified atom stereocenters. The van der Waals surface area contributed by atoms with E-state index in [1.54, 1.807) is 6.07 Å². The number of nitrogens with zero attached hydrogens (tertiary/aromatic N) is 1. The summed E-state index contributed by atoms with van der Waals surface area (Å²) in [7, 11) is 0. The normalized spacial score (nSPS) is 20.6. The molecule has 92 valence electrons. The summed E-state index contributed by atoms with van der Waals surface area (Å²) in [4.78, 5) is 13.2. The lowest BCUT2D eigenvalue weighted by Crippen LogP contribution is -2.27. The van der Waals surface area contributed by atoms with Crippen molar-refractivity contribution in [3.8, 4) is 5.75 Å². The van der Waals surface area contributed by atoms with Gasteiger partial charge in [-0.1, -0.05) is 12.1 Å².